The fourth-order valence-corrected chi connectivity index (χ4v) is 6.44. The predicted octanol–water partition coefficient (Wildman–Crippen LogP) is 7.65. The standard InChI is InChI=1S/C31H31Cl2N3O5/c1-16(2)36-26(12-25(34-36)30(37)38)19-13-31(39,14-19)22-10-9-20(11-17(22)3)40-15-21-28(35-41-29(21)18-7-8-18)27-23(32)5-4-6-24(27)33/h4-6,9-12,16,18-19,39H,7-8,13-15H2,1-3H3,(H,37,38). The van der Waals surface area contributed by atoms with Crippen molar-refractivity contribution in [3.8, 4) is 17.0 Å². The van der Waals surface area contributed by atoms with E-state index in [0.29, 0.717) is 45.8 Å². The first-order valence-corrected chi connectivity index (χ1v) is 14.5. The lowest BCUT2D eigenvalue weighted by Crippen LogP contribution is -2.41. The van der Waals surface area contributed by atoms with Crippen LogP contribution in [0.1, 0.15) is 96.0 Å². The van der Waals surface area contributed by atoms with Crippen molar-refractivity contribution in [1.82, 2.24) is 14.9 Å². The molecule has 2 aromatic heterocycles. The van der Waals surface area contributed by atoms with Gasteiger partial charge in [0.05, 0.1) is 21.2 Å². The van der Waals surface area contributed by atoms with Gasteiger partial charge in [-0.3, -0.25) is 4.68 Å². The van der Waals surface area contributed by atoms with Crippen LogP contribution in [-0.4, -0.2) is 31.1 Å². The summed E-state index contributed by atoms with van der Waals surface area (Å²) in [6, 6.07) is 12.7. The van der Waals surface area contributed by atoms with Crippen molar-refractivity contribution in [1.29, 1.82) is 0 Å². The number of benzene rings is 2. The number of aliphatic hydroxyl groups is 1. The second-order valence-corrected chi connectivity index (χ2v) is 12.3. The first-order valence-electron chi connectivity index (χ1n) is 13.8. The highest BCUT2D eigenvalue weighted by Gasteiger charge is 2.47. The van der Waals surface area contributed by atoms with Crippen molar-refractivity contribution in [3.63, 3.8) is 0 Å². The molecule has 41 heavy (non-hydrogen) atoms. The summed E-state index contributed by atoms with van der Waals surface area (Å²) >= 11 is 13.0. The summed E-state index contributed by atoms with van der Waals surface area (Å²) in [7, 11) is 0. The Morgan fingerprint density at radius 1 is 1.15 bits per heavy atom. The van der Waals surface area contributed by atoms with Crippen LogP contribution < -0.4 is 4.74 Å². The first kappa shape index (κ1) is 27.8. The molecule has 8 nitrogen and oxygen atoms in total. The Morgan fingerprint density at radius 2 is 1.85 bits per heavy atom. The molecule has 2 saturated carbocycles. The molecule has 2 N–H and O–H groups in total. The summed E-state index contributed by atoms with van der Waals surface area (Å²) < 4.78 is 13.7. The molecule has 0 radical (unpaired) electrons. The van der Waals surface area contributed by atoms with Crippen molar-refractivity contribution in [2.24, 2.45) is 0 Å². The van der Waals surface area contributed by atoms with E-state index in [1.165, 1.54) is 0 Å². The SMILES string of the molecule is Cc1cc(OCc2c(-c3c(Cl)cccc3Cl)noc2C2CC2)ccc1C1(O)CC(c2cc(C(=O)O)nn2C(C)C)C1. The number of ether oxygens (including phenoxy) is 1. The number of carboxylic acids is 1. The molecule has 0 saturated heterocycles. The third kappa shape index (κ3) is 5.13. The maximum Gasteiger partial charge on any atom is 0.356 e. The molecular weight excluding hydrogens is 565 g/mol. The third-order valence-electron chi connectivity index (χ3n) is 8.11. The van der Waals surface area contributed by atoms with Gasteiger partial charge in [-0.1, -0.05) is 40.5 Å². The van der Waals surface area contributed by atoms with Crippen LogP contribution in [0.3, 0.4) is 0 Å². The second kappa shape index (κ2) is 10.5. The van der Waals surface area contributed by atoms with Crippen molar-refractivity contribution >= 4 is 29.2 Å². The van der Waals surface area contributed by atoms with Gasteiger partial charge in [0.25, 0.3) is 0 Å². The van der Waals surface area contributed by atoms with Gasteiger partial charge >= 0.3 is 5.97 Å². The summed E-state index contributed by atoms with van der Waals surface area (Å²) in [4.78, 5) is 11.5. The highest BCUT2D eigenvalue weighted by atomic mass is 35.5. The lowest BCUT2D eigenvalue weighted by molar-refractivity contribution is -0.0575. The quantitative estimate of drug-likeness (QED) is 0.204. The average molecular weight is 597 g/mol. The molecule has 4 aromatic rings. The molecule has 2 aliphatic carbocycles. The van der Waals surface area contributed by atoms with Crippen LogP contribution in [0.2, 0.25) is 10.0 Å². The number of halogens is 2. The Morgan fingerprint density at radius 3 is 2.46 bits per heavy atom. The van der Waals surface area contributed by atoms with E-state index in [1.807, 2.05) is 39.0 Å². The second-order valence-electron chi connectivity index (χ2n) is 11.4. The van der Waals surface area contributed by atoms with Crippen LogP contribution in [0, 0.1) is 6.92 Å². The molecule has 2 fully saturated rings. The number of hydrogen-bond donors (Lipinski definition) is 2. The number of aromatic nitrogens is 3. The fraction of sp³-hybridized carbons (Fsp3) is 0.387. The third-order valence-corrected chi connectivity index (χ3v) is 8.74. The molecule has 0 aliphatic heterocycles. The molecule has 0 amide bonds. The topological polar surface area (TPSA) is 111 Å². The number of rotatable bonds is 9. The van der Waals surface area contributed by atoms with E-state index in [2.05, 4.69) is 10.3 Å². The Hall–Kier alpha value is -3.33. The summed E-state index contributed by atoms with van der Waals surface area (Å²) in [5.74, 6) is 0.756. The van der Waals surface area contributed by atoms with Crippen LogP contribution in [-0.2, 0) is 12.2 Å². The van der Waals surface area contributed by atoms with Gasteiger partial charge in [-0.2, -0.15) is 5.10 Å². The van der Waals surface area contributed by atoms with Crippen molar-refractivity contribution in [2.45, 2.75) is 76.5 Å². The molecule has 0 unspecified atom stereocenters. The summed E-state index contributed by atoms with van der Waals surface area (Å²) in [5.41, 5.74) is 3.67. The minimum Gasteiger partial charge on any atom is -0.489 e. The van der Waals surface area contributed by atoms with E-state index in [9.17, 15) is 15.0 Å². The predicted molar refractivity (Wildman–Crippen MR) is 155 cm³/mol. The molecule has 0 spiro atoms. The van der Waals surface area contributed by atoms with Crippen LogP contribution in [0.5, 0.6) is 5.75 Å². The highest BCUT2D eigenvalue weighted by molar-refractivity contribution is 6.39. The summed E-state index contributed by atoms with van der Waals surface area (Å²) in [6.45, 7) is 6.13. The van der Waals surface area contributed by atoms with E-state index < -0.39 is 11.6 Å². The van der Waals surface area contributed by atoms with Gasteiger partial charge in [0.15, 0.2) is 5.69 Å². The average Bonchev–Trinajstić information content (AvgIpc) is 3.50. The molecule has 2 aliphatic rings. The molecule has 2 heterocycles. The maximum absolute atomic E-state index is 11.5. The Labute approximate surface area is 247 Å². The van der Waals surface area contributed by atoms with Gasteiger partial charge < -0.3 is 19.5 Å². The zero-order valence-electron chi connectivity index (χ0n) is 23.0. The monoisotopic (exact) mass is 595 g/mol. The molecule has 0 bridgehead atoms. The minimum absolute atomic E-state index is 0.0165. The largest absolute Gasteiger partial charge is 0.489 e. The van der Waals surface area contributed by atoms with Crippen LogP contribution >= 0.6 is 23.2 Å². The number of nitrogens with zero attached hydrogens (tertiary/aromatic N) is 3. The summed E-state index contributed by atoms with van der Waals surface area (Å²) in [6.07, 6.45) is 3.06. The van der Waals surface area contributed by atoms with Crippen LogP contribution in [0.4, 0.5) is 0 Å². The van der Waals surface area contributed by atoms with Gasteiger partial charge in [-0.25, -0.2) is 4.79 Å². The maximum atomic E-state index is 11.5. The van der Waals surface area contributed by atoms with Gasteiger partial charge in [0.2, 0.25) is 0 Å². The number of aryl methyl sites for hydroxylation is 1. The normalized spacial score (nSPS) is 20.3. The minimum atomic E-state index is -1.05. The van der Waals surface area contributed by atoms with E-state index in [1.54, 1.807) is 28.9 Å². The zero-order valence-corrected chi connectivity index (χ0v) is 24.5. The summed E-state index contributed by atoms with van der Waals surface area (Å²) in [5, 5.41) is 30.5. The van der Waals surface area contributed by atoms with Crippen molar-refractivity contribution in [2.75, 3.05) is 0 Å². The molecule has 0 atom stereocenters. The lowest BCUT2D eigenvalue weighted by atomic mass is 9.65. The Bertz CT molecular complexity index is 1610. The van der Waals surface area contributed by atoms with Crippen LogP contribution in [0.25, 0.3) is 11.3 Å². The zero-order chi connectivity index (χ0) is 29.1. The van der Waals surface area contributed by atoms with Gasteiger partial charge in [-0.05, 0) is 87.9 Å². The van der Waals surface area contributed by atoms with E-state index in [4.69, 9.17) is 32.5 Å². The first-order chi connectivity index (χ1) is 19.6. The molecule has 214 valence electrons. The van der Waals surface area contributed by atoms with E-state index >= 15 is 0 Å². The molecule has 10 heteroatoms. The highest BCUT2D eigenvalue weighted by Crippen LogP contribution is 2.52. The molecule has 2 aromatic carbocycles. The smallest absolute Gasteiger partial charge is 0.356 e. The van der Waals surface area contributed by atoms with Gasteiger partial charge in [0.1, 0.15) is 23.8 Å². The van der Waals surface area contributed by atoms with Crippen LogP contribution in [0.15, 0.2) is 47.0 Å². The number of carboxylic acid groups (broad SMARTS) is 1. The van der Waals surface area contributed by atoms with Gasteiger partial charge in [-0.15, -0.1) is 0 Å². The van der Waals surface area contributed by atoms with Crippen molar-refractivity contribution < 1.29 is 24.3 Å². The number of hydrogen-bond acceptors (Lipinski definition) is 6. The lowest BCUT2D eigenvalue weighted by Gasteiger charge is -2.45. The molecular formula is C31H31Cl2N3O5. The number of aromatic carboxylic acids is 1. The number of carbonyl (C=O) groups is 1. The molecule has 6 rings (SSSR count). The van der Waals surface area contributed by atoms with Crippen molar-refractivity contribution in [3.05, 3.63) is 86.3 Å². The van der Waals surface area contributed by atoms with E-state index in [-0.39, 0.29) is 24.3 Å². The Balaban J connectivity index is 1.20. The van der Waals surface area contributed by atoms with E-state index in [0.717, 1.165) is 41.0 Å². The Kier molecular flexibility index (Phi) is 7.12. The fourth-order valence-electron chi connectivity index (χ4n) is 5.87. The van der Waals surface area contributed by atoms with Gasteiger partial charge in [0, 0.05) is 29.1 Å².